The minimum atomic E-state index is -0.194. The molecular formula is C17H21NO4. The molecule has 1 saturated carbocycles. The van der Waals surface area contributed by atoms with Crippen molar-refractivity contribution in [2.24, 2.45) is 5.92 Å². The van der Waals surface area contributed by atoms with Crippen molar-refractivity contribution in [3.05, 3.63) is 23.8 Å². The van der Waals surface area contributed by atoms with Crippen LogP contribution >= 0.6 is 0 Å². The zero-order valence-corrected chi connectivity index (χ0v) is 12.8. The lowest BCUT2D eigenvalue weighted by Gasteiger charge is -2.38. The van der Waals surface area contributed by atoms with Crippen LogP contribution in [0.3, 0.4) is 0 Å². The molecule has 3 aliphatic rings. The molecule has 1 aliphatic carbocycles. The van der Waals surface area contributed by atoms with Gasteiger partial charge in [0.1, 0.15) is 0 Å². The first-order valence-electron chi connectivity index (χ1n) is 8.02. The van der Waals surface area contributed by atoms with Gasteiger partial charge in [0.2, 0.25) is 6.79 Å². The Bertz CT molecular complexity index is 588. The fourth-order valence-electron chi connectivity index (χ4n) is 4.35. The number of rotatable bonds is 1. The Morgan fingerprint density at radius 2 is 2.09 bits per heavy atom. The Morgan fingerprint density at radius 3 is 2.95 bits per heavy atom. The molecule has 1 saturated heterocycles. The third-order valence-corrected chi connectivity index (χ3v) is 5.32. The summed E-state index contributed by atoms with van der Waals surface area (Å²) in [5.74, 6) is 2.58. The van der Waals surface area contributed by atoms with Gasteiger partial charge in [-0.15, -0.1) is 0 Å². The van der Waals surface area contributed by atoms with Gasteiger partial charge in [-0.25, -0.2) is 4.79 Å². The SMILES string of the molecule is COC(=O)N1CC[C@H]2CCC[C@@H](c3ccc4c(c3)OCO4)[C@@H]21. The van der Waals surface area contributed by atoms with Crippen LogP contribution in [-0.2, 0) is 4.74 Å². The Hall–Kier alpha value is -1.91. The van der Waals surface area contributed by atoms with Gasteiger partial charge in [0.05, 0.1) is 7.11 Å². The maximum atomic E-state index is 12.1. The summed E-state index contributed by atoms with van der Waals surface area (Å²) in [6, 6.07) is 6.44. The summed E-state index contributed by atoms with van der Waals surface area (Å²) in [5, 5.41) is 0. The molecule has 118 valence electrons. The van der Waals surface area contributed by atoms with Crippen LogP contribution in [0.25, 0.3) is 0 Å². The molecule has 2 aliphatic heterocycles. The van der Waals surface area contributed by atoms with Crippen molar-refractivity contribution in [2.45, 2.75) is 37.6 Å². The first-order valence-corrected chi connectivity index (χ1v) is 8.02. The molecule has 2 heterocycles. The molecule has 22 heavy (non-hydrogen) atoms. The molecule has 0 N–H and O–H groups in total. The number of hydrogen-bond donors (Lipinski definition) is 0. The van der Waals surface area contributed by atoms with Gasteiger partial charge in [0, 0.05) is 18.5 Å². The highest BCUT2D eigenvalue weighted by Crippen LogP contribution is 2.46. The van der Waals surface area contributed by atoms with Gasteiger partial charge < -0.3 is 19.1 Å². The molecule has 0 bridgehead atoms. The first-order chi connectivity index (χ1) is 10.8. The summed E-state index contributed by atoms with van der Waals surface area (Å²) in [5.41, 5.74) is 1.25. The van der Waals surface area contributed by atoms with Crippen molar-refractivity contribution in [1.29, 1.82) is 0 Å². The van der Waals surface area contributed by atoms with Crippen LogP contribution in [-0.4, -0.2) is 37.5 Å². The van der Waals surface area contributed by atoms with Gasteiger partial charge in [-0.05, 0) is 42.9 Å². The molecule has 0 aromatic heterocycles. The molecule has 0 unspecified atom stereocenters. The van der Waals surface area contributed by atoms with E-state index < -0.39 is 0 Å². The van der Waals surface area contributed by atoms with E-state index in [1.54, 1.807) is 0 Å². The summed E-state index contributed by atoms with van der Waals surface area (Å²) in [4.78, 5) is 14.0. The third kappa shape index (κ3) is 2.11. The molecule has 5 heteroatoms. The van der Waals surface area contributed by atoms with Gasteiger partial charge >= 0.3 is 6.09 Å². The molecular weight excluding hydrogens is 282 g/mol. The maximum Gasteiger partial charge on any atom is 0.409 e. The number of hydrogen-bond acceptors (Lipinski definition) is 4. The van der Waals surface area contributed by atoms with Crippen molar-refractivity contribution >= 4 is 6.09 Å². The van der Waals surface area contributed by atoms with E-state index in [9.17, 15) is 4.79 Å². The molecule has 1 aromatic carbocycles. The molecule has 4 rings (SSSR count). The number of benzene rings is 1. The van der Waals surface area contributed by atoms with Crippen molar-refractivity contribution in [1.82, 2.24) is 4.90 Å². The van der Waals surface area contributed by atoms with Crippen molar-refractivity contribution < 1.29 is 19.0 Å². The van der Waals surface area contributed by atoms with Crippen molar-refractivity contribution in [3.63, 3.8) is 0 Å². The largest absolute Gasteiger partial charge is 0.454 e. The van der Waals surface area contributed by atoms with Crippen LogP contribution in [0.5, 0.6) is 11.5 Å². The van der Waals surface area contributed by atoms with Crippen molar-refractivity contribution in [3.8, 4) is 11.5 Å². The van der Waals surface area contributed by atoms with Gasteiger partial charge in [-0.1, -0.05) is 12.5 Å². The van der Waals surface area contributed by atoms with Crippen LogP contribution in [0.2, 0.25) is 0 Å². The average Bonchev–Trinajstić information content (AvgIpc) is 3.19. The smallest absolute Gasteiger partial charge is 0.409 e. The number of methoxy groups -OCH3 is 1. The lowest BCUT2D eigenvalue weighted by Crippen LogP contribution is -2.43. The maximum absolute atomic E-state index is 12.1. The van der Waals surface area contributed by atoms with E-state index in [0.29, 0.717) is 18.6 Å². The zero-order valence-electron chi connectivity index (χ0n) is 12.8. The zero-order chi connectivity index (χ0) is 15.1. The van der Waals surface area contributed by atoms with E-state index in [4.69, 9.17) is 14.2 Å². The van der Waals surface area contributed by atoms with Crippen molar-refractivity contribution in [2.75, 3.05) is 20.4 Å². The third-order valence-electron chi connectivity index (χ3n) is 5.32. The summed E-state index contributed by atoms with van der Waals surface area (Å²) in [7, 11) is 1.47. The fourth-order valence-corrected chi connectivity index (χ4v) is 4.35. The van der Waals surface area contributed by atoms with E-state index in [1.165, 1.54) is 25.5 Å². The second-order valence-electron chi connectivity index (χ2n) is 6.35. The van der Waals surface area contributed by atoms with Gasteiger partial charge in [-0.2, -0.15) is 0 Å². The normalized spacial score (nSPS) is 29.3. The van der Waals surface area contributed by atoms with E-state index in [0.717, 1.165) is 30.9 Å². The van der Waals surface area contributed by atoms with Gasteiger partial charge in [0.15, 0.2) is 11.5 Å². The standard InChI is InChI=1S/C17H21NO4/c1-20-17(19)18-8-7-11-3-2-4-13(16(11)18)12-5-6-14-15(9-12)22-10-21-14/h5-6,9,11,13,16H,2-4,7-8,10H2,1H3/t11-,13+,16-/m1/s1. The number of carbonyl (C=O) groups is 1. The predicted octanol–water partition coefficient (Wildman–Crippen LogP) is 3.14. The van der Waals surface area contributed by atoms with Crippen LogP contribution in [0.15, 0.2) is 18.2 Å². The van der Waals surface area contributed by atoms with E-state index in [-0.39, 0.29) is 12.1 Å². The van der Waals surface area contributed by atoms with Gasteiger partial charge in [0.25, 0.3) is 0 Å². The highest BCUT2D eigenvalue weighted by Gasteiger charge is 2.44. The summed E-state index contributed by atoms with van der Waals surface area (Å²) in [6.07, 6.45) is 4.42. The molecule has 1 aromatic rings. The van der Waals surface area contributed by atoms with Crippen LogP contribution in [0.4, 0.5) is 4.79 Å². The minimum absolute atomic E-state index is 0.194. The van der Waals surface area contributed by atoms with Gasteiger partial charge in [-0.3, -0.25) is 0 Å². The number of amides is 1. The second-order valence-corrected chi connectivity index (χ2v) is 6.35. The Labute approximate surface area is 130 Å². The highest BCUT2D eigenvalue weighted by molar-refractivity contribution is 5.68. The lowest BCUT2D eigenvalue weighted by molar-refractivity contribution is 0.0984. The Kier molecular flexibility index (Phi) is 3.36. The number of nitrogens with zero attached hydrogens (tertiary/aromatic N) is 1. The Morgan fingerprint density at radius 1 is 1.23 bits per heavy atom. The van der Waals surface area contributed by atoms with E-state index in [2.05, 4.69) is 12.1 Å². The molecule has 0 radical (unpaired) electrons. The number of likely N-dealkylation sites (tertiary alicyclic amines) is 1. The summed E-state index contributed by atoms with van der Waals surface area (Å²) >= 11 is 0. The minimum Gasteiger partial charge on any atom is -0.454 e. The number of fused-ring (bicyclic) bond motifs is 2. The average molecular weight is 303 g/mol. The molecule has 0 spiro atoms. The summed E-state index contributed by atoms with van der Waals surface area (Å²) in [6.45, 7) is 1.10. The number of ether oxygens (including phenoxy) is 3. The quantitative estimate of drug-likeness (QED) is 0.799. The van der Waals surface area contributed by atoms with Crippen LogP contribution in [0.1, 0.15) is 37.2 Å². The molecule has 3 atom stereocenters. The predicted molar refractivity (Wildman–Crippen MR) is 80.2 cm³/mol. The van der Waals surface area contributed by atoms with E-state index >= 15 is 0 Å². The van der Waals surface area contributed by atoms with Crippen LogP contribution < -0.4 is 9.47 Å². The number of carbonyl (C=O) groups excluding carboxylic acids is 1. The molecule has 5 nitrogen and oxygen atoms in total. The first kappa shape index (κ1) is 13.7. The lowest BCUT2D eigenvalue weighted by atomic mass is 9.74. The summed E-state index contributed by atoms with van der Waals surface area (Å²) < 4.78 is 15.9. The van der Waals surface area contributed by atoms with Crippen LogP contribution in [0, 0.1) is 5.92 Å². The monoisotopic (exact) mass is 303 g/mol. The highest BCUT2D eigenvalue weighted by atomic mass is 16.7. The fraction of sp³-hybridized carbons (Fsp3) is 0.588. The topological polar surface area (TPSA) is 48.0 Å². The van der Waals surface area contributed by atoms with E-state index in [1.807, 2.05) is 11.0 Å². The Balaban J connectivity index is 1.66. The second kappa shape index (κ2) is 5.38. The molecule has 1 amide bonds. The molecule has 2 fully saturated rings.